The number of furan rings is 1. The minimum absolute atomic E-state index is 0.754. The van der Waals surface area contributed by atoms with Crippen molar-refractivity contribution in [2.45, 2.75) is 43.5 Å². The maximum absolute atomic E-state index is 5.70. The second-order valence-electron chi connectivity index (χ2n) is 6.66. The van der Waals surface area contributed by atoms with Crippen molar-refractivity contribution in [2.75, 3.05) is 7.11 Å². The van der Waals surface area contributed by atoms with E-state index in [0.717, 1.165) is 28.8 Å². The molecular weight excluding hydrogens is 334 g/mol. The lowest BCUT2D eigenvalue weighted by molar-refractivity contribution is -0.160. The highest BCUT2D eigenvalue weighted by Gasteiger charge is 2.19. The number of nitrogens with zero attached hydrogens (tertiary/aromatic N) is 1. The standard InChI is InChI=1S/C20H23NO3S/c1-22-24-25-17-9-10-18-16(12-17)13-19(20-8-5-11-23-20)21(18)14-15-6-3-2-4-7-15/h5,8-13,15H,2-4,6-7,14H2,1H3. The largest absolute Gasteiger partial charge is 0.463 e. The Hall–Kier alpha value is -1.69. The minimum atomic E-state index is 0.754. The van der Waals surface area contributed by atoms with Crippen LogP contribution in [0.3, 0.4) is 0 Å². The van der Waals surface area contributed by atoms with E-state index in [0.29, 0.717) is 0 Å². The maximum Gasteiger partial charge on any atom is 0.150 e. The van der Waals surface area contributed by atoms with Crippen LogP contribution in [0.25, 0.3) is 22.4 Å². The molecule has 0 amide bonds. The molecule has 4 nitrogen and oxygen atoms in total. The van der Waals surface area contributed by atoms with Gasteiger partial charge >= 0.3 is 0 Å². The van der Waals surface area contributed by atoms with Gasteiger partial charge in [0.15, 0.2) is 0 Å². The van der Waals surface area contributed by atoms with Gasteiger partial charge in [0.2, 0.25) is 0 Å². The van der Waals surface area contributed by atoms with E-state index in [1.165, 1.54) is 62.2 Å². The van der Waals surface area contributed by atoms with Crippen LogP contribution in [0, 0.1) is 5.92 Å². The molecule has 132 valence electrons. The molecule has 5 heteroatoms. The maximum atomic E-state index is 5.70. The van der Waals surface area contributed by atoms with Gasteiger partial charge in [0, 0.05) is 22.3 Å². The third kappa shape index (κ3) is 3.64. The van der Waals surface area contributed by atoms with Crippen LogP contribution < -0.4 is 0 Å². The zero-order valence-electron chi connectivity index (χ0n) is 14.4. The van der Waals surface area contributed by atoms with Gasteiger partial charge in [0.25, 0.3) is 0 Å². The summed E-state index contributed by atoms with van der Waals surface area (Å²) in [5.41, 5.74) is 2.40. The smallest absolute Gasteiger partial charge is 0.150 e. The SMILES string of the molecule is COOSc1ccc2c(c1)cc(-c1ccco1)n2CC1CCCCC1. The lowest BCUT2D eigenvalue weighted by atomic mass is 9.89. The van der Waals surface area contributed by atoms with Crippen LogP contribution in [-0.4, -0.2) is 11.7 Å². The summed E-state index contributed by atoms with van der Waals surface area (Å²) in [4.78, 5) is 5.71. The molecule has 1 aliphatic rings. The molecule has 1 fully saturated rings. The third-order valence-electron chi connectivity index (χ3n) is 5.01. The van der Waals surface area contributed by atoms with Gasteiger partial charge in [-0.3, -0.25) is 0 Å². The topological polar surface area (TPSA) is 36.5 Å². The molecule has 1 saturated carbocycles. The predicted molar refractivity (Wildman–Crippen MR) is 100 cm³/mol. The molecule has 4 rings (SSSR count). The van der Waals surface area contributed by atoms with E-state index in [-0.39, 0.29) is 0 Å². The van der Waals surface area contributed by atoms with Crippen LogP contribution in [0.5, 0.6) is 0 Å². The van der Waals surface area contributed by atoms with Gasteiger partial charge in [0.05, 0.1) is 31.1 Å². The lowest BCUT2D eigenvalue weighted by Crippen LogP contribution is -2.14. The molecule has 0 atom stereocenters. The van der Waals surface area contributed by atoms with Crippen molar-refractivity contribution in [1.29, 1.82) is 0 Å². The van der Waals surface area contributed by atoms with Crippen LogP contribution in [-0.2, 0) is 15.8 Å². The van der Waals surface area contributed by atoms with Crippen molar-refractivity contribution >= 4 is 22.9 Å². The van der Waals surface area contributed by atoms with Crippen LogP contribution in [0.2, 0.25) is 0 Å². The minimum Gasteiger partial charge on any atom is -0.463 e. The Morgan fingerprint density at radius 3 is 2.80 bits per heavy atom. The monoisotopic (exact) mass is 357 g/mol. The first-order valence-corrected chi connectivity index (χ1v) is 9.64. The fraction of sp³-hybridized carbons (Fsp3) is 0.400. The molecule has 3 aromatic rings. The molecule has 25 heavy (non-hydrogen) atoms. The van der Waals surface area contributed by atoms with Crippen molar-refractivity contribution in [3.63, 3.8) is 0 Å². The van der Waals surface area contributed by atoms with E-state index in [9.17, 15) is 0 Å². The molecule has 0 bridgehead atoms. The summed E-state index contributed by atoms with van der Waals surface area (Å²) in [5, 5.41) is 1.20. The van der Waals surface area contributed by atoms with E-state index in [1.807, 2.05) is 12.1 Å². The number of hydrogen-bond acceptors (Lipinski definition) is 4. The van der Waals surface area contributed by atoms with Crippen molar-refractivity contribution in [1.82, 2.24) is 4.57 Å². The summed E-state index contributed by atoms with van der Waals surface area (Å²) in [6.45, 7) is 1.06. The van der Waals surface area contributed by atoms with Crippen molar-refractivity contribution in [2.24, 2.45) is 5.92 Å². The summed E-state index contributed by atoms with van der Waals surface area (Å²) in [6.07, 6.45) is 8.49. The first-order chi connectivity index (χ1) is 12.3. The van der Waals surface area contributed by atoms with E-state index >= 15 is 0 Å². The number of fused-ring (bicyclic) bond motifs is 1. The van der Waals surface area contributed by atoms with Gasteiger partial charge in [0.1, 0.15) is 5.76 Å². The van der Waals surface area contributed by atoms with Gasteiger partial charge in [-0.15, -0.1) is 0 Å². The van der Waals surface area contributed by atoms with Gasteiger partial charge in [-0.05, 0) is 55.2 Å². The molecule has 2 heterocycles. The highest BCUT2D eigenvalue weighted by atomic mass is 32.2. The van der Waals surface area contributed by atoms with Crippen molar-refractivity contribution in [3.05, 3.63) is 42.7 Å². The molecular formula is C20H23NO3S. The lowest BCUT2D eigenvalue weighted by Gasteiger charge is -2.23. The fourth-order valence-electron chi connectivity index (χ4n) is 3.83. The Labute approximate surface area is 152 Å². The van der Waals surface area contributed by atoms with Crippen LogP contribution in [0.1, 0.15) is 32.1 Å². The molecule has 0 N–H and O–H groups in total. The molecule has 0 aliphatic heterocycles. The molecule has 0 unspecified atom stereocenters. The fourth-order valence-corrected chi connectivity index (χ4v) is 4.27. The quantitative estimate of drug-likeness (QED) is 0.305. The van der Waals surface area contributed by atoms with E-state index in [1.54, 1.807) is 6.26 Å². The summed E-state index contributed by atoms with van der Waals surface area (Å²) in [5.74, 6) is 1.68. The number of benzene rings is 1. The Bertz CT molecular complexity index is 819. The van der Waals surface area contributed by atoms with Crippen molar-refractivity contribution < 1.29 is 13.6 Å². The van der Waals surface area contributed by atoms with Crippen molar-refractivity contribution in [3.8, 4) is 11.5 Å². The van der Waals surface area contributed by atoms with Gasteiger partial charge in [-0.1, -0.05) is 19.3 Å². The highest BCUT2D eigenvalue weighted by Crippen LogP contribution is 2.34. The Kier molecular flexibility index (Phi) is 5.15. The summed E-state index contributed by atoms with van der Waals surface area (Å²) < 4.78 is 13.1. The van der Waals surface area contributed by atoms with E-state index < -0.39 is 0 Å². The molecule has 0 radical (unpaired) electrons. The van der Waals surface area contributed by atoms with E-state index in [2.05, 4.69) is 33.7 Å². The summed E-state index contributed by atoms with van der Waals surface area (Å²) >= 11 is 1.23. The molecule has 2 aromatic heterocycles. The van der Waals surface area contributed by atoms with Gasteiger partial charge in [-0.25, -0.2) is 4.89 Å². The molecule has 0 saturated heterocycles. The summed E-state index contributed by atoms with van der Waals surface area (Å²) in [6, 6.07) is 12.6. The zero-order valence-corrected chi connectivity index (χ0v) is 15.3. The zero-order chi connectivity index (χ0) is 17.1. The van der Waals surface area contributed by atoms with Crippen LogP contribution in [0.15, 0.2) is 52.0 Å². The Morgan fingerprint density at radius 2 is 2.04 bits per heavy atom. The average molecular weight is 357 g/mol. The second kappa shape index (κ2) is 7.68. The first kappa shape index (κ1) is 16.8. The number of aromatic nitrogens is 1. The average Bonchev–Trinajstić information content (AvgIpc) is 3.29. The number of hydrogen-bond donors (Lipinski definition) is 0. The number of rotatable bonds is 6. The third-order valence-corrected chi connectivity index (χ3v) is 5.66. The molecule has 0 spiro atoms. The normalized spacial score (nSPS) is 15.9. The Balaban J connectivity index is 1.72. The van der Waals surface area contributed by atoms with Gasteiger partial charge in [-0.2, -0.15) is 4.33 Å². The van der Waals surface area contributed by atoms with E-state index in [4.69, 9.17) is 8.75 Å². The highest BCUT2D eigenvalue weighted by molar-refractivity contribution is 7.94. The van der Waals surface area contributed by atoms with Crippen LogP contribution in [0.4, 0.5) is 0 Å². The summed E-state index contributed by atoms with van der Waals surface area (Å²) in [7, 11) is 1.52. The first-order valence-electron chi connectivity index (χ1n) is 8.89. The second-order valence-corrected chi connectivity index (χ2v) is 7.43. The Morgan fingerprint density at radius 1 is 1.16 bits per heavy atom. The molecule has 1 aliphatic carbocycles. The molecule has 1 aromatic carbocycles. The van der Waals surface area contributed by atoms with Crippen LogP contribution >= 0.6 is 12.0 Å². The predicted octanol–water partition coefficient (Wildman–Crippen LogP) is 6.07. The van der Waals surface area contributed by atoms with Gasteiger partial charge < -0.3 is 8.98 Å².